The smallest absolute Gasteiger partial charge is 0.469 e. The average molecular weight is 905 g/mol. The maximum absolute atomic E-state index is 14.1. The number of carboxylic acid groups (broad SMARTS) is 1. The lowest BCUT2D eigenvalue weighted by Gasteiger charge is -2.31. The van der Waals surface area contributed by atoms with E-state index in [1.54, 1.807) is 60.7 Å². The molecule has 2 aromatic carbocycles. The van der Waals surface area contributed by atoms with E-state index in [1.807, 2.05) is 0 Å². The highest BCUT2D eigenvalue weighted by Gasteiger charge is 2.40. The number of carboxylic acids is 1. The average Bonchev–Trinajstić information content (AvgIpc) is 3.74. The molecule has 1 aliphatic heterocycles. The Bertz CT molecular complexity index is 1970. The van der Waals surface area contributed by atoms with Crippen molar-refractivity contribution >= 4 is 61.4 Å². The van der Waals surface area contributed by atoms with Gasteiger partial charge in [-0.25, -0.2) is 4.57 Å². The fourth-order valence-electron chi connectivity index (χ4n) is 6.35. The van der Waals surface area contributed by atoms with Crippen LogP contribution in [0.15, 0.2) is 60.7 Å². The quantitative estimate of drug-likeness (QED) is 0.0340. The molecule has 0 radical (unpaired) electrons. The lowest BCUT2D eigenvalue weighted by atomic mass is 10.0. The van der Waals surface area contributed by atoms with Crippen LogP contribution in [-0.2, 0) is 65.1 Å². The molecule has 3 rings (SSSR count). The monoisotopic (exact) mass is 904 g/mol. The molecule has 63 heavy (non-hydrogen) atoms. The van der Waals surface area contributed by atoms with Crippen LogP contribution in [0.2, 0.25) is 0 Å². The van der Waals surface area contributed by atoms with E-state index in [0.717, 1.165) is 4.90 Å². The Kier molecular flexibility index (Phi) is 20.4. The highest BCUT2D eigenvalue weighted by Crippen LogP contribution is 2.35. The number of aldehydes is 1. The number of aliphatic hydroxyl groups is 1. The fraction of sp³-hybridized carbons (Fsp3) is 0.462. The number of aliphatic carboxylic acids is 1. The van der Waals surface area contributed by atoms with Crippen LogP contribution in [0.4, 0.5) is 0 Å². The Morgan fingerprint density at radius 2 is 1.29 bits per heavy atom. The minimum atomic E-state index is -5.33. The van der Waals surface area contributed by atoms with E-state index in [4.69, 9.17) is 5.73 Å². The van der Waals surface area contributed by atoms with Gasteiger partial charge in [0.25, 0.3) is 0 Å². The fourth-order valence-corrected chi connectivity index (χ4v) is 6.69. The van der Waals surface area contributed by atoms with Gasteiger partial charge in [-0.3, -0.25) is 42.9 Å². The van der Waals surface area contributed by atoms with Crippen molar-refractivity contribution in [3.05, 3.63) is 71.8 Å². The van der Waals surface area contributed by atoms with Gasteiger partial charge in [0.1, 0.15) is 42.5 Å². The third-order valence-electron chi connectivity index (χ3n) is 9.56. The lowest BCUT2D eigenvalue weighted by molar-refractivity contribution is -0.143. The normalized spacial score (nSPS) is 16.5. The number of phosphoric ester groups is 1. The number of aliphatic hydroxyl groups excluding tert-OH is 1. The van der Waals surface area contributed by atoms with Crippen LogP contribution in [0, 0.1) is 0 Å². The van der Waals surface area contributed by atoms with Crippen LogP contribution in [0.1, 0.15) is 43.7 Å². The molecular weight excluding hydrogens is 851 g/mol. The summed E-state index contributed by atoms with van der Waals surface area (Å²) in [6.07, 6.45) is -0.656. The topological polar surface area (TPSA) is 362 Å². The van der Waals surface area contributed by atoms with E-state index in [-0.39, 0.29) is 38.8 Å². The van der Waals surface area contributed by atoms with Gasteiger partial charge >= 0.3 is 13.8 Å². The molecule has 0 saturated carbocycles. The minimum Gasteiger partial charge on any atom is -0.481 e. The molecule has 0 spiro atoms. The number of hydrogen-bond acceptors (Lipinski definition) is 13. The number of carbonyl (C=O) groups excluding carboxylic acids is 8. The first-order chi connectivity index (χ1) is 29.8. The number of benzene rings is 2. The zero-order valence-electron chi connectivity index (χ0n) is 34.2. The van der Waals surface area contributed by atoms with Gasteiger partial charge in [0.05, 0.1) is 25.8 Å². The molecule has 7 amide bonds. The molecule has 1 fully saturated rings. The Balaban J connectivity index is 1.89. The van der Waals surface area contributed by atoms with Crippen molar-refractivity contribution in [2.75, 3.05) is 26.3 Å². The molecule has 1 saturated heterocycles. The van der Waals surface area contributed by atoms with E-state index >= 15 is 0 Å². The van der Waals surface area contributed by atoms with Crippen molar-refractivity contribution in [3.63, 3.8) is 0 Å². The maximum Gasteiger partial charge on any atom is 0.469 e. The number of likely N-dealkylation sites (tertiary alicyclic amines) is 1. The third kappa shape index (κ3) is 17.3. The number of nitrogens with one attached hydrogen (secondary N) is 6. The molecule has 1 aliphatic rings. The molecule has 2 aromatic rings. The van der Waals surface area contributed by atoms with E-state index in [1.165, 1.54) is 6.92 Å². The lowest BCUT2D eigenvalue weighted by Crippen LogP contribution is -2.61. The van der Waals surface area contributed by atoms with Crippen molar-refractivity contribution in [3.8, 4) is 0 Å². The molecule has 344 valence electrons. The van der Waals surface area contributed by atoms with Gasteiger partial charge in [-0.05, 0) is 37.3 Å². The number of rotatable bonds is 25. The second-order valence-corrected chi connectivity index (χ2v) is 15.7. The van der Waals surface area contributed by atoms with Gasteiger partial charge in [-0.1, -0.05) is 60.7 Å². The standard InChI is InChI=1S/C39H53N8O15P/c1-23(40)33(52)45-29(21-49)36(55)43-28(20-25-11-6-3-7-12-25)35(54)46-30(22-62-63(59,60)61)37(56)42-26(14-15-32(50)51)39(58)47-17-8-13-31(47)38(57)44-27(34(53)41-16-18-48)19-24-9-4-2-5-10-24/h2-7,9-12,18,23,26-31,49H,8,13-17,19-22,40H2,1H3,(H,41,53)(H,42,56)(H,43,55)(H,44,57)(H,45,52)(H,46,54)(H,50,51)(H2,59,60,61)/t23-,26-,27-,28-,29-,30-,31-/m0/s1. The SMILES string of the molecule is C[C@H](N)C(=O)N[C@@H](CO)C(=O)N[C@@H](Cc1ccccc1)C(=O)N[C@@H](COP(=O)(O)O)C(=O)N[C@@H](CCC(=O)O)C(=O)N1CCC[C@H]1C(=O)N[C@@H](Cc1ccccc1)C(=O)NCC=O. The second kappa shape index (κ2) is 25.1. The van der Waals surface area contributed by atoms with Crippen LogP contribution in [0.25, 0.3) is 0 Å². The Morgan fingerprint density at radius 3 is 1.81 bits per heavy atom. The summed E-state index contributed by atoms with van der Waals surface area (Å²) >= 11 is 0. The van der Waals surface area contributed by atoms with E-state index in [0.29, 0.717) is 17.4 Å². The van der Waals surface area contributed by atoms with E-state index in [9.17, 15) is 67.7 Å². The van der Waals surface area contributed by atoms with Gasteiger partial charge in [-0.15, -0.1) is 0 Å². The first-order valence-electron chi connectivity index (χ1n) is 19.7. The van der Waals surface area contributed by atoms with Crippen molar-refractivity contribution in [1.82, 2.24) is 36.8 Å². The molecule has 0 aromatic heterocycles. The summed E-state index contributed by atoms with van der Waals surface area (Å²) in [5.41, 5.74) is 6.69. The molecule has 0 aliphatic carbocycles. The zero-order valence-corrected chi connectivity index (χ0v) is 35.1. The molecule has 0 bridgehead atoms. The summed E-state index contributed by atoms with van der Waals surface area (Å²) in [4.78, 5) is 137. The van der Waals surface area contributed by atoms with Gasteiger partial charge in [0.15, 0.2) is 0 Å². The van der Waals surface area contributed by atoms with Crippen LogP contribution >= 0.6 is 7.82 Å². The van der Waals surface area contributed by atoms with Crippen molar-refractivity contribution in [1.29, 1.82) is 0 Å². The predicted octanol–water partition coefficient (Wildman–Crippen LogP) is -3.48. The van der Waals surface area contributed by atoms with Crippen molar-refractivity contribution < 1.29 is 72.2 Å². The minimum absolute atomic E-state index is 0.0149. The Labute approximate surface area is 361 Å². The molecule has 24 heteroatoms. The summed E-state index contributed by atoms with van der Waals surface area (Å²) in [5, 5.41) is 33.5. The van der Waals surface area contributed by atoms with Crippen LogP contribution in [0.3, 0.4) is 0 Å². The van der Waals surface area contributed by atoms with Gasteiger partial charge in [0.2, 0.25) is 41.4 Å². The summed E-state index contributed by atoms with van der Waals surface area (Å²) < 4.78 is 16.3. The second-order valence-electron chi connectivity index (χ2n) is 14.5. The van der Waals surface area contributed by atoms with Crippen LogP contribution in [0.5, 0.6) is 0 Å². The van der Waals surface area contributed by atoms with Crippen LogP contribution < -0.4 is 37.6 Å². The largest absolute Gasteiger partial charge is 0.481 e. The maximum atomic E-state index is 14.1. The molecule has 0 unspecified atom stereocenters. The predicted molar refractivity (Wildman–Crippen MR) is 219 cm³/mol. The van der Waals surface area contributed by atoms with Crippen molar-refractivity contribution in [2.45, 2.75) is 87.7 Å². The number of hydrogen-bond donors (Lipinski definition) is 11. The van der Waals surface area contributed by atoms with Crippen molar-refractivity contribution in [2.24, 2.45) is 5.73 Å². The summed E-state index contributed by atoms with van der Waals surface area (Å²) in [7, 11) is -5.33. The van der Waals surface area contributed by atoms with E-state index < -0.39 is 123 Å². The number of phosphoric acid groups is 1. The van der Waals surface area contributed by atoms with E-state index in [2.05, 4.69) is 36.4 Å². The molecular formula is C39H53N8O15P. The highest BCUT2D eigenvalue weighted by molar-refractivity contribution is 7.46. The molecule has 7 atom stereocenters. The Morgan fingerprint density at radius 1 is 0.778 bits per heavy atom. The summed E-state index contributed by atoms with van der Waals surface area (Å²) in [6.45, 7) is -1.18. The van der Waals surface area contributed by atoms with Crippen LogP contribution in [-0.4, -0.2) is 147 Å². The summed E-state index contributed by atoms with van der Waals surface area (Å²) in [6, 6.07) is 6.34. The molecule has 12 N–H and O–H groups in total. The molecule has 1 heterocycles. The first kappa shape index (κ1) is 51.3. The highest BCUT2D eigenvalue weighted by atomic mass is 31.2. The van der Waals surface area contributed by atoms with Gasteiger partial charge in [0, 0.05) is 25.8 Å². The van der Waals surface area contributed by atoms with Gasteiger partial charge < -0.3 is 67.3 Å². The Hall–Kier alpha value is -6.10. The van der Waals surface area contributed by atoms with Gasteiger partial charge in [-0.2, -0.15) is 0 Å². The third-order valence-corrected chi connectivity index (χ3v) is 10.0. The number of amides is 7. The zero-order chi connectivity index (χ0) is 46.7. The number of carbonyl (C=O) groups is 9. The molecule has 23 nitrogen and oxygen atoms in total. The number of nitrogens with zero attached hydrogens (tertiary/aromatic N) is 1. The first-order valence-corrected chi connectivity index (χ1v) is 21.3. The summed E-state index contributed by atoms with van der Waals surface area (Å²) in [5.74, 6) is -8.05. The number of nitrogens with two attached hydrogens (primary N) is 1.